The standard InChI is InChI=1S/C20H12.4CH3.2Sb/c1-3-11-17-15(7-1)9-5-13-19(17)20-14-6-10-16-8-2-4-12-18(16)20;;;;;;/h1-12H;4*1H3;;. The van der Waals surface area contributed by atoms with Crippen LogP contribution in [-0.2, 0) is 0 Å². The minimum atomic E-state index is -1.42. The zero-order chi connectivity index (χ0) is 18.3. The topological polar surface area (TPSA) is 0 Å². The molecule has 0 N–H and O–H groups in total. The van der Waals surface area contributed by atoms with Crippen molar-refractivity contribution in [3.05, 3.63) is 72.8 Å². The van der Waals surface area contributed by atoms with Crippen molar-refractivity contribution in [1.82, 2.24) is 0 Å². The average Bonchev–Trinajstić information content (AvgIpc) is 2.66. The van der Waals surface area contributed by atoms with E-state index in [1.165, 1.54) is 21.5 Å². The molecule has 2 heteroatoms. The molecule has 0 bridgehead atoms. The fourth-order valence-electron chi connectivity index (χ4n) is 3.79. The zero-order valence-electron chi connectivity index (χ0n) is 15.8. The molecule has 0 fully saturated rings. The summed E-state index contributed by atoms with van der Waals surface area (Å²) in [6.07, 6.45) is 0. The quantitative estimate of drug-likeness (QED) is 0.290. The van der Waals surface area contributed by atoms with Gasteiger partial charge in [-0.1, -0.05) is 0 Å². The predicted octanol–water partition coefficient (Wildman–Crippen LogP) is 5.58. The molecule has 4 aromatic rings. The van der Waals surface area contributed by atoms with Gasteiger partial charge in [0, 0.05) is 0 Å². The van der Waals surface area contributed by atoms with Crippen molar-refractivity contribution in [1.29, 1.82) is 0 Å². The van der Waals surface area contributed by atoms with Gasteiger partial charge < -0.3 is 0 Å². The Hall–Kier alpha value is -0.964. The van der Waals surface area contributed by atoms with E-state index in [2.05, 4.69) is 92.3 Å². The van der Waals surface area contributed by atoms with E-state index in [-0.39, 0.29) is 0 Å². The molecule has 26 heavy (non-hydrogen) atoms. The molecule has 0 radical (unpaired) electrons. The van der Waals surface area contributed by atoms with E-state index in [0.717, 1.165) is 0 Å². The van der Waals surface area contributed by atoms with E-state index in [1.54, 1.807) is 18.1 Å². The molecule has 130 valence electrons. The summed E-state index contributed by atoms with van der Waals surface area (Å²) in [5, 5.41) is 5.60. The van der Waals surface area contributed by atoms with Crippen molar-refractivity contribution in [2.24, 2.45) is 0 Å². The van der Waals surface area contributed by atoms with E-state index in [9.17, 15) is 0 Å². The molecule has 0 spiro atoms. The molecule has 0 saturated carbocycles. The summed E-state index contributed by atoms with van der Waals surface area (Å²) < 4.78 is 3.29. The first-order chi connectivity index (χ1) is 12.6. The van der Waals surface area contributed by atoms with Crippen molar-refractivity contribution >= 4 is 69.0 Å². The van der Waals surface area contributed by atoms with Gasteiger partial charge in [0.15, 0.2) is 0 Å². The first kappa shape index (κ1) is 18.4. The van der Waals surface area contributed by atoms with Gasteiger partial charge in [0.1, 0.15) is 0 Å². The molecule has 0 heterocycles. The second kappa shape index (κ2) is 7.57. The molecule has 4 rings (SSSR count). The third-order valence-electron chi connectivity index (χ3n) is 5.03. The molecule has 4 aromatic carbocycles. The van der Waals surface area contributed by atoms with Gasteiger partial charge >= 0.3 is 172 Å². The molecule has 0 nitrogen and oxygen atoms in total. The van der Waals surface area contributed by atoms with Crippen LogP contribution in [0.3, 0.4) is 0 Å². The second-order valence-corrected chi connectivity index (χ2v) is 20.1. The summed E-state index contributed by atoms with van der Waals surface area (Å²) in [6, 6.07) is 27.4. The molecular formula is C24H24Sb2. The summed E-state index contributed by atoms with van der Waals surface area (Å²) >= 11 is -2.85. The van der Waals surface area contributed by atoms with Crippen LogP contribution in [0, 0.1) is 0 Å². The van der Waals surface area contributed by atoms with Crippen LogP contribution >= 0.6 is 0 Å². The maximum atomic E-state index is 2.50. The van der Waals surface area contributed by atoms with Gasteiger partial charge in [-0.2, -0.15) is 0 Å². The van der Waals surface area contributed by atoms with Crippen LogP contribution in [0.5, 0.6) is 0 Å². The van der Waals surface area contributed by atoms with E-state index in [0.29, 0.717) is 0 Å². The molecule has 0 amide bonds. The third-order valence-corrected chi connectivity index (χ3v) is 12.7. The SMILES string of the molecule is [CH3][Sb]([CH3])[c]1ccc2ccccc2c1-c1[c]([Sb]([CH3])[CH3])ccc2ccccc12. The second-order valence-electron chi connectivity index (χ2n) is 7.15. The number of rotatable bonds is 3. The summed E-state index contributed by atoms with van der Waals surface area (Å²) in [4.78, 5) is 9.99. The summed E-state index contributed by atoms with van der Waals surface area (Å²) in [5.74, 6) is 0. The van der Waals surface area contributed by atoms with Crippen LogP contribution in [0.1, 0.15) is 0 Å². The molecule has 0 saturated heterocycles. The van der Waals surface area contributed by atoms with E-state index >= 15 is 0 Å². The zero-order valence-corrected chi connectivity index (χ0v) is 20.9. The van der Waals surface area contributed by atoms with Crippen LogP contribution < -0.4 is 7.02 Å². The molecule has 0 atom stereocenters. The average molecular weight is 556 g/mol. The Balaban J connectivity index is 2.23. The van der Waals surface area contributed by atoms with Crippen molar-refractivity contribution in [2.45, 2.75) is 19.5 Å². The van der Waals surface area contributed by atoms with Crippen molar-refractivity contribution in [3.63, 3.8) is 0 Å². The molecule has 0 aliphatic rings. The monoisotopic (exact) mass is 554 g/mol. The van der Waals surface area contributed by atoms with Crippen molar-refractivity contribution in [3.8, 4) is 11.1 Å². The van der Waals surface area contributed by atoms with Crippen LogP contribution in [0.15, 0.2) is 72.8 Å². The van der Waals surface area contributed by atoms with Gasteiger partial charge in [-0.05, 0) is 0 Å². The van der Waals surface area contributed by atoms with E-state index in [1.807, 2.05) is 0 Å². The van der Waals surface area contributed by atoms with Gasteiger partial charge in [0.2, 0.25) is 0 Å². The van der Waals surface area contributed by atoms with Crippen LogP contribution in [-0.4, -0.2) is 40.4 Å². The fourth-order valence-corrected chi connectivity index (χ4v) is 9.80. The summed E-state index contributed by atoms with van der Waals surface area (Å²) in [5.41, 5.74) is 3.09. The van der Waals surface area contributed by atoms with Gasteiger partial charge in [-0.3, -0.25) is 0 Å². The van der Waals surface area contributed by atoms with Crippen LogP contribution in [0.25, 0.3) is 32.7 Å². The Bertz CT molecular complexity index is 1000. The van der Waals surface area contributed by atoms with Crippen LogP contribution in [0.4, 0.5) is 0 Å². The van der Waals surface area contributed by atoms with E-state index in [4.69, 9.17) is 0 Å². The fraction of sp³-hybridized carbons (Fsp3) is 0.167. The maximum absolute atomic E-state index is 2.50. The molecule has 0 aliphatic heterocycles. The van der Waals surface area contributed by atoms with Gasteiger partial charge in [0.25, 0.3) is 0 Å². The van der Waals surface area contributed by atoms with E-state index < -0.39 is 40.4 Å². The number of fused-ring (bicyclic) bond motifs is 2. The Labute approximate surface area is 171 Å². The number of benzene rings is 4. The minimum absolute atomic E-state index is 1.36. The Morgan fingerprint density at radius 3 is 1.23 bits per heavy atom. The molecule has 0 aliphatic carbocycles. The Kier molecular flexibility index (Phi) is 5.36. The first-order valence-electron chi connectivity index (χ1n) is 8.96. The molecule has 0 unspecified atom stereocenters. The predicted molar refractivity (Wildman–Crippen MR) is 121 cm³/mol. The normalized spacial score (nSPS) is 11.8. The van der Waals surface area contributed by atoms with Gasteiger partial charge in [-0.15, -0.1) is 0 Å². The number of hydrogen-bond donors (Lipinski definition) is 0. The summed E-state index contributed by atoms with van der Waals surface area (Å²) in [6.45, 7) is 0. The number of hydrogen-bond acceptors (Lipinski definition) is 0. The van der Waals surface area contributed by atoms with Crippen molar-refractivity contribution < 1.29 is 0 Å². The van der Waals surface area contributed by atoms with Gasteiger partial charge in [-0.25, -0.2) is 0 Å². The Morgan fingerprint density at radius 2 is 0.846 bits per heavy atom. The van der Waals surface area contributed by atoms with Crippen LogP contribution in [0.2, 0.25) is 19.5 Å². The van der Waals surface area contributed by atoms with Crippen molar-refractivity contribution in [2.75, 3.05) is 0 Å². The molecule has 0 aromatic heterocycles. The first-order valence-corrected chi connectivity index (χ1v) is 21.7. The molecular weight excluding hydrogens is 532 g/mol. The summed E-state index contributed by atoms with van der Waals surface area (Å²) in [7, 11) is 0. The Morgan fingerprint density at radius 1 is 0.462 bits per heavy atom. The third kappa shape index (κ3) is 3.21. The van der Waals surface area contributed by atoms with Gasteiger partial charge in [0.05, 0.1) is 0 Å².